The van der Waals surface area contributed by atoms with Crippen molar-refractivity contribution in [3.63, 3.8) is 0 Å². The fourth-order valence-electron chi connectivity index (χ4n) is 3.91. The summed E-state index contributed by atoms with van der Waals surface area (Å²) in [5, 5.41) is 3.24. The number of carbonyl (C=O) groups excluding carboxylic acids is 2. The van der Waals surface area contributed by atoms with Gasteiger partial charge in [0.05, 0.1) is 37.7 Å². The molecule has 170 valence electrons. The fourth-order valence-corrected chi connectivity index (χ4v) is 5.05. The van der Waals surface area contributed by atoms with Gasteiger partial charge in [-0.05, 0) is 30.3 Å². The minimum atomic E-state index is -0.457. The number of quaternary nitrogens is 1. The quantitative estimate of drug-likeness (QED) is 0.599. The summed E-state index contributed by atoms with van der Waals surface area (Å²) in [4.78, 5) is 29.2. The van der Waals surface area contributed by atoms with E-state index in [2.05, 4.69) is 5.32 Å². The van der Waals surface area contributed by atoms with Crippen LogP contribution in [0.15, 0.2) is 41.3 Å². The van der Waals surface area contributed by atoms with Crippen molar-refractivity contribution in [2.75, 3.05) is 50.0 Å². The highest BCUT2D eigenvalue weighted by Crippen LogP contribution is 2.37. The number of morpholine rings is 1. The van der Waals surface area contributed by atoms with Crippen LogP contribution in [0.1, 0.15) is 22.3 Å². The van der Waals surface area contributed by atoms with Crippen LogP contribution < -0.4 is 15.1 Å². The summed E-state index contributed by atoms with van der Waals surface area (Å²) < 4.78 is 19.7. The highest BCUT2D eigenvalue weighted by Gasteiger charge is 2.27. The number of halogens is 2. The van der Waals surface area contributed by atoms with Crippen LogP contribution in [-0.2, 0) is 16.1 Å². The number of benzene rings is 2. The fraction of sp³-hybridized carbons (Fsp3) is 0.391. The van der Waals surface area contributed by atoms with E-state index in [1.807, 2.05) is 6.07 Å². The topological polar surface area (TPSA) is 63.1 Å². The second-order valence-corrected chi connectivity index (χ2v) is 9.30. The molecule has 2 N–H and O–H groups in total. The second kappa shape index (κ2) is 10.7. The van der Waals surface area contributed by atoms with Gasteiger partial charge in [0.15, 0.2) is 0 Å². The first-order valence-corrected chi connectivity index (χ1v) is 12.1. The molecule has 0 radical (unpaired) electrons. The Morgan fingerprint density at radius 3 is 2.84 bits per heavy atom. The minimum absolute atomic E-state index is 0.0191. The summed E-state index contributed by atoms with van der Waals surface area (Å²) >= 11 is 7.59. The number of carbonyl (C=O) groups is 2. The molecule has 2 aliphatic heterocycles. The summed E-state index contributed by atoms with van der Waals surface area (Å²) in [6, 6.07) is 9.77. The van der Waals surface area contributed by atoms with E-state index >= 15 is 0 Å². The molecule has 9 heteroatoms. The van der Waals surface area contributed by atoms with Crippen LogP contribution >= 0.6 is 23.4 Å². The van der Waals surface area contributed by atoms with Crippen molar-refractivity contribution in [3.8, 4) is 0 Å². The van der Waals surface area contributed by atoms with E-state index < -0.39 is 5.82 Å². The van der Waals surface area contributed by atoms with Gasteiger partial charge in [0.1, 0.15) is 18.9 Å². The Morgan fingerprint density at radius 1 is 1.25 bits per heavy atom. The van der Waals surface area contributed by atoms with Gasteiger partial charge in [-0.25, -0.2) is 4.39 Å². The van der Waals surface area contributed by atoms with Crippen molar-refractivity contribution >= 4 is 40.9 Å². The van der Waals surface area contributed by atoms with E-state index in [-0.39, 0.29) is 34.7 Å². The number of thioether (sulfide) groups is 1. The predicted octanol–water partition coefficient (Wildman–Crippen LogP) is 2.15. The molecule has 1 fully saturated rings. The van der Waals surface area contributed by atoms with Crippen molar-refractivity contribution in [3.05, 3.63) is 58.4 Å². The smallest absolute Gasteiger partial charge is 0.251 e. The summed E-state index contributed by atoms with van der Waals surface area (Å²) in [5.74, 6) is -0.528. The van der Waals surface area contributed by atoms with Gasteiger partial charge in [-0.1, -0.05) is 17.7 Å². The first-order chi connectivity index (χ1) is 15.5. The maximum absolute atomic E-state index is 14.3. The number of hydrogen-bond donors (Lipinski definition) is 2. The third-order valence-corrected chi connectivity index (χ3v) is 7.14. The molecule has 4 rings (SSSR count). The summed E-state index contributed by atoms with van der Waals surface area (Å²) in [7, 11) is 0. The van der Waals surface area contributed by atoms with Crippen LogP contribution in [0, 0.1) is 5.82 Å². The predicted molar refractivity (Wildman–Crippen MR) is 123 cm³/mol. The third-order valence-electron chi connectivity index (χ3n) is 5.73. The van der Waals surface area contributed by atoms with Gasteiger partial charge in [0, 0.05) is 34.0 Å². The molecule has 0 saturated carbocycles. The standard InChI is InChI=1S/C23H25ClFN3O3S/c24-18-3-1-4-19(25)17(18)14-28-20-13-16(5-6-21(20)32-15-22(28)29)23(30)26-7-2-8-27-9-11-31-12-10-27/h1,3-6,13H,2,7-12,14-15H2,(H,26,30)/p+1. The van der Waals surface area contributed by atoms with Gasteiger partial charge >= 0.3 is 0 Å². The Bertz CT molecular complexity index is 980. The van der Waals surface area contributed by atoms with Crippen molar-refractivity contribution in [1.29, 1.82) is 0 Å². The van der Waals surface area contributed by atoms with Crippen LogP contribution in [0.25, 0.3) is 0 Å². The van der Waals surface area contributed by atoms with Crippen molar-refractivity contribution in [2.24, 2.45) is 0 Å². The first-order valence-electron chi connectivity index (χ1n) is 10.7. The molecular weight excluding hydrogens is 453 g/mol. The Hall–Kier alpha value is -2.13. The second-order valence-electron chi connectivity index (χ2n) is 7.87. The monoisotopic (exact) mass is 478 g/mol. The van der Waals surface area contributed by atoms with Gasteiger partial charge < -0.3 is 19.9 Å². The molecule has 0 aliphatic carbocycles. The molecule has 2 heterocycles. The van der Waals surface area contributed by atoms with Gasteiger partial charge in [0.2, 0.25) is 5.91 Å². The summed E-state index contributed by atoms with van der Waals surface area (Å²) in [6.07, 6.45) is 0.887. The lowest BCUT2D eigenvalue weighted by atomic mass is 10.1. The molecule has 2 amide bonds. The average molecular weight is 479 g/mol. The van der Waals surface area contributed by atoms with Crippen LogP contribution in [0.2, 0.25) is 5.02 Å². The van der Waals surface area contributed by atoms with E-state index in [0.29, 0.717) is 17.8 Å². The SMILES string of the molecule is O=C(NCCC[NH+]1CCOCC1)c1ccc2c(c1)N(Cc1c(F)cccc1Cl)C(=O)CS2. The molecule has 32 heavy (non-hydrogen) atoms. The lowest BCUT2D eigenvalue weighted by molar-refractivity contribution is -0.908. The lowest BCUT2D eigenvalue weighted by Crippen LogP contribution is -3.14. The number of nitrogens with one attached hydrogen (secondary N) is 2. The molecule has 2 aromatic rings. The van der Waals surface area contributed by atoms with Crippen LogP contribution in [0.4, 0.5) is 10.1 Å². The van der Waals surface area contributed by atoms with Gasteiger partial charge in [-0.15, -0.1) is 11.8 Å². The Labute approximate surface area is 196 Å². The van der Waals surface area contributed by atoms with Crippen molar-refractivity contribution in [1.82, 2.24) is 5.32 Å². The Balaban J connectivity index is 1.43. The number of hydrogen-bond acceptors (Lipinski definition) is 4. The van der Waals surface area contributed by atoms with E-state index in [0.717, 1.165) is 44.2 Å². The van der Waals surface area contributed by atoms with Gasteiger partial charge in [-0.3, -0.25) is 9.59 Å². The van der Waals surface area contributed by atoms with E-state index in [1.165, 1.54) is 33.7 Å². The zero-order valence-electron chi connectivity index (χ0n) is 17.7. The van der Waals surface area contributed by atoms with E-state index in [1.54, 1.807) is 18.2 Å². The molecule has 0 aromatic heterocycles. The summed E-state index contributed by atoms with van der Waals surface area (Å²) in [6.45, 7) is 5.20. The maximum atomic E-state index is 14.3. The summed E-state index contributed by atoms with van der Waals surface area (Å²) in [5.41, 5.74) is 1.35. The molecule has 0 spiro atoms. The molecule has 1 saturated heterocycles. The Morgan fingerprint density at radius 2 is 2.06 bits per heavy atom. The normalized spacial score (nSPS) is 16.7. The number of rotatable bonds is 7. The molecule has 0 bridgehead atoms. The lowest BCUT2D eigenvalue weighted by Gasteiger charge is -2.30. The number of anilines is 1. The number of nitrogens with zero attached hydrogens (tertiary/aromatic N) is 1. The number of ether oxygens (including phenoxy) is 1. The Kier molecular flexibility index (Phi) is 7.67. The average Bonchev–Trinajstić information content (AvgIpc) is 2.80. The molecule has 0 unspecified atom stereocenters. The van der Waals surface area contributed by atoms with Gasteiger partial charge in [0.25, 0.3) is 5.91 Å². The van der Waals surface area contributed by atoms with E-state index in [9.17, 15) is 14.0 Å². The third kappa shape index (κ3) is 5.43. The molecular formula is C23H26ClFN3O3S+. The van der Waals surface area contributed by atoms with Crippen LogP contribution in [0.3, 0.4) is 0 Å². The molecule has 0 atom stereocenters. The van der Waals surface area contributed by atoms with Crippen LogP contribution in [0.5, 0.6) is 0 Å². The highest BCUT2D eigenvalue weighted by atomic mass is 35.5. The minimum Gasteiger partial charge on any atom is -0.370 e. The number of amides is 2. The number of fused-ring (bicyclic) bond motifs is 1. The molecule has 6 nitrogen and oxygen atoms in total. The molecule has 2 aliphatic rings. The maximum Gasteiger partial charge on any atom is 0.251 e. The largest absolute Gasteiger partial charge is 0.370 e. The van der Waals surface area contributed by atoms with Crippen molar-refractivity contribution < 1.29 is 23.6 Å². The molecule has 2 aromatic carbocycles. The van der Waals surface area contributed by atoms with Crippen molar-refractivity contribution in [2.45, 2.75) is 17.9 Å². The van der Waals surface area contributed by atoms with Gasteiger partial charge in [-0.2, -0.15) is 0 Å². The van der Waals surface area contributed by atoms with E-state index in [4.69, 9.17) is 16.3 Å². The zero-order valence-corrected chi connectivity index (χ0v) is 19.2. The zero-order chi connectivity index (χ0) is 22.5. The van der Waals surface area contributed by atoms with Crippen LogP contribution in [-0.4, -0.2) is 57.0 Å². The first kappa shape index (κ1) is 23.0. The highest BCUT2D eigenvalue weighted by molar-refractivity contribution is 8.00.